The summed E-state index contributed by atoms with van der Waals surface area (Å²) >= 11 is 0. The molecule has 0 bridgehead atoms. The van der Waals surface area contributed by atoms with Crippen LogP contribution in [0.4, 0.5) is 24.5 Å². The molecule has 1 N–H and O–H groups in total. The van der Waals surface area contributed by atoms with Gasteiger partial charge in [0.05, 0.1) is 5.69 Å². The third-order valence-electron chi connectivity index (χ3n) is 4.09. The topological polar surface area (TPSA) is 65.5 Å². The summed E-state index contributed by atoms with van der Waals surface area (Å²) in [5, 5.41) is 2.18. The van der Waals surface area contributed by atoms with Gasteiger partial charge in [0.15, 0.2) is 17.5 Å². The molecule has 1 aromatic carbocycles. The lowest BCUT2D eigenvalue weighted by Gasteiger charge is -2.34. The Morgan fingerprint density at radius 3 is 2.50 bits per heavy atom. The minimum atomic E-state index is -1.66. The van der Waals surface area contributed by atoms with E-state index in [9.17, 15) is 22.8 Å². The van der Waals surface area contributed by atoms with Gasteiger partial charge in [-0.3, -0.25) is 14.6 Å². The molecular formula is C17H15F3N4O2. The van der Waals surface area contributed by atoms with Gasteiger partial charge >= 0.3 is 0 Å². The van der Waals surface area contributed by atoms with Gasteiger partial charge in [0.1, 0.15) is 5.69 Å². The van der Waals surface area contributed by atoms with E-state index in [1.165, 1.54) is 12.3 Å². The van der Waals surface area contributed by atoms with Crippen molar-refractivity contribution in [3.05, 3.63) is 53.6 Å². The van der Waals surface area contributed by atoms with Crippen molar-refractivity contribution in [2.75, 3.05) is 36.4 Å². The molecule has 0 atom stereocenters. The molecule has 3 rings (SSSR count). The number of halogens is 3. The standard InChI is InChI=1S/C17H15F3N4O2/c18-12-1-2-13(16(20)15(12)19)22-17(26)14-9-11(3-4-21-14)24-7-5-23(10-25)6-8-24/h1-4,9-10H,5-8H2,(H,22,26). The van der Waals surface area contributed by atoms with Crippen LogP contribution in [0.25, 0.3) is 0 Å². The molecule has 0 spiro atoms. The molecule has 1 fully saturated rings. The first-order valence-corrected chi connectivity index (χ1v) is 7.85. The van der Waals surface area contributed by atoms with E-state index < -0.39 is 29.0 Å². The summed E-state index contributed by atoms with van der Waals surface area (Å²) in [6.07, 6.45) is 2.22. The summed E-state index contributed by atoms with van der Waals surface area (Å²) < 4.78 is 39.9. The third-order valence-corrected chi connectivity index (χ3v) is 4.09. The molecule has 1 aliphatic heterocycles. The first kappa shape index (κ1) is 17.7. The van der Waals surface area contributed by atoms with Crippen LogP contribution in [-0.2, 0) is 4.79 Å². The molecule has 2 amide bonds. The van der Waals surface area contributed by atoms with E-state index in [2.05, 4.69) is 10.3 Å². The third kappa shape index (κ3) is 3.61. The van der Waals surface area contributed by atoms with Gasteiger partial charge in [0, 0.05) is 38.1 Å². The summed E-state index contributed by atoms with van der Waals surface area (Å²) in [5.41, 5.74) is 0.256. The highest BCUT2D eigenvalue weighted by Gasteiger charge is 2.19. The zero-order chi connectivity index (χ0) is 18.7. The minimum Gasteiger partial charge on any atom is -0.368 e. The van der Waals surface area contributed by atoms with Crippen molar-refractivity contribution in [3.8, 4) is 0 Å². The summed E-state index contributed by atoms with van der Waals surface area (Å²) in [4.78, 5) is 30.6. The SMILES string of the molecule is O=CN1CCN(c2ccnc(C(=O)Nc3ccc(F)c(F)c3F)c2)CC1. The van der Waals surface area contributed by atoms with Crippen molar-refractivity contribution < 1.29 is 22.8 Å². The van der Waals surface area contributed by atoms with Crippen LogP contribution in [0, 0.1) is 17.5 Å². The van der Waals surface area contributed by atoms with Gasteiger partial charge in [-0.05, 0) is 24.3 Å². The molecule has 6 nitrogen and oxygen atoms in total. The van der Waals surface area contributed by atoms with E-state index in [4.69, 9.17) is 0 Å². The van der Waals surface area contributed by atoms with Gasteiger partial charge in [-0.1, -0.05) is 0 Å². The maximum absolute atomic E-state index is 13.7. The number of carbonyl (C=O) groups excluding carboxylic acids is 2. The number of rotatable bonds is 4. The van der Waals surface area contributed by atoms with Crippen molar-refractivity contribution in [3.63, 3.8) is 0 Å². The van der Waals surface area contributed by atoms with Gasteiger partial charge < -0.3 is 15.1 Å². The molecule has 2 aromatic rings. The van der Waals surface area contributed by atoms with Gasteiger partial charge in [0.25, 0.3) is 5.91 Å². The Balaban J connectivity index is 1.75. The zero-order valence-electron chi connectivity index (χ0n) is 13.6. The average Bonchev–Trinajstić information content (AvgIpc) is 2.68. The number of hydrogen-bond donors (Lipinski definition) is 1. The summed E-state index contributed by atoms with van der Waals surface area (Å²) in [5.74, 6) is -5.21. The number of anilines is 2. The first-order valence-electron chi connectivity index (χ1n) is 7.85. The van der Waals surface area contributed by atoms with Gasteiger partial charge in [-0.15, -0.1) is 0 Å². The maximum atomic E-state index is 13.7. The lowest BCUT2D eigenvalue weighted by molar-refractivity contribution is -0.118. The van der Waals surface area contributed by atoms with Gasteiger partial charge in [0.2, 0.25) is 6.41 Å². The van der Waals surface area contributed by atoms with Gasteiger partial charge in [-0.2, -0.15) is 0 Å². The fourth-order valence-corrected chi connectivity index (χ4v) is 2.63. The fourth-order valence-electron chi connectivity index (χ4n) is 2.63. The number of aromatic nitrogens is 1. The van der Waals surface area contributed by atoms with E-state index in [0.29, 0.717) is 26.2 Å². The Hall–Kier alpha value is -3.10. The second-order valence-corrected chi connectivity index (χ2v) is 5.70. The number of nitrogens with one attached hydrogen (secondary N) is 1. The van der Waals surface area contributed by atoms with Crippen molar-refractivity contribution >= 4 is 23.7 Å². The molecule has 0 unspecified atom stereocenters. The van der Waals surface area contributed by atoms with Crippen LogP contribution < -0.4 is 10.2 Å². The summed E-state index contributed by atoms with van der Waals surface area (Å²) in [7, 11) is 0. The Bertz CT molecular complexity index is 839. The molecule has 0 aliphatic carbocycles. The normalized spacial score (nSPS) is 14.3. The smallest absolute Gasteiger partial charge is 0.274 e. The van der Waals surface area contributed by atoms with E-state index in [-0.39, 0.29) is 5.69 Å². The van der Waals surface area contributed by atoms with E-state index >= 15 is 0 Å². The van der Waals surface area contributed by atoms with Crippen molar-refractivity contribution in [2.24, 2.45) is 0 Å². The lowest BCUT2D eigenvalue weighted by Crippen LogP contribution is -2.45. The number of nitrogens with zero attached hydrogens (tertiary/aromatic N) is 3. The van der Waals surface area contributed by atoms with Crippen molar-refractivity contribution in [1.82, 2.24) is 9.88 Å². The Labute approximate surface area is 147 Å². The van der Waals surface area contributed by atoms with E-state index in [1.807, 2.05) is 4.90 Å². The molecule has 9 heteroatoms. The Morgan fingerprint density at radius 1 is 1.08 bits per heavy atom. The Morgan fingerprint density at radius 2 is 1.81 bits per heavy atom. The number of benzene rings is 1. The summed E-state index contributed by atoms with van der Waals surface area (Å²) in [6, 6.07) is 4.90. The number of pyridine rings is 1. The van der Waals surface area contributed by atoms with Crippen LogP contribution in [0.2, 0.25) is 0 Å². The molecule has 1 aromatic heterocycles. The van der Waals surface area contributed by atoms with Gasteiger partial charge in [-0.25, -0.2) is 13.2 Å². The highest BCUT2D eigenvalue weighted by Crippen LogP contribution is 2.21. The molecular weight excluding hydrogens is 349 g/mol. The molecule has 2 heterocycles. The molecule has 0 saturated carbocycles. The van der Waals surface area contributed by atoms with Crippen molar-refractivity contribution in [1.29, 1.82) is 0 Å². The van der Waals surface area contributed by atoms with E-state index in [0.717, 1.165) is 24.2 Å². The maximum Gasteiger partial charge on any atom is 0.274 e. The first-order chi connectivity index (χ1) is 12.5. The van der Waals surface area contributed by atoms with Crippen LogP contribution in [0.1, 0.15) is 10.5 Å². The van der Waals surface area contributed by atoms with E-state index in [1.54, 1.807) is 11.0 Å². The molecule has 0 radical (unpaired) electrons. The number of piperazine rings is 1. The fraction of sp³-hybridized carbons (Fsp3) is 0.235. The number of amides is 2. The van der Waals surface area contributed by atoms with Crippen LogP contribution in [0.3, 0.4) is 0 Å². The Kier molecular flexibility index (Phi) is 5.06. The predicted octanol–water partition coefficient (Wildman–Crippen LogP) is 2.03. The second kappa shape index (κ2) is 7.42. The largest absolute Gasteiger partial charge is 0.368 e. The molecule has 1 aliphatic rings. The average molecular weight is 364 g/mol. The molecule has 136 valence electrons. The molecule has 26 heavy (non-hydrogen) atoms. The number of carbonyl (C=O) groups is 2. The van der Waals surface area contributed by atoms with Crippen LogP contribution >= 0.6 is 0 Å². The van der Waals surface area contributed by atoms with Crippen LogP contribution in [0.5, 0.6) is 0 Å². The molecule has 1 saturated heterocycles. The minimum absolute atomic E-state index is 0.00412. The summed E-state index contributed by atoms with van der Waals surface area (Å²) in [6.45, 7) is 2.32. The highest BCUT2D eigenvalue weighted by molar-refractivity contribution is 6.03. The van der Waals surface area contributed by atoms with Crippen molar-refractivity contribution in [2.45, 2.75) is 0 Å². The number of hydrogen-bond acceptors (Lipinski definition) is 4. The zero-order valence-corrected chi connectivity index (χ0v) is 13.6. The second-order valence-electron chi connectivity index (χ2n) is 5.70. The van der Waals surface area contributed by atoms with Crippen LogP contribution in [0.15, 0.2) is 30.5 Å². The monoisotopic (exact) mass is 364 g/mol. The predicted molar refractivity (Wildman–Crippen MR) is 88.4 cm³/mol. The van der Waals surface area contributed by atoms with Crippen LogP contribution in [-0.4, -0.2) is 48.4 Å². The quantitative estimate of drug-likeness (QED) is 0.666. The lowest BCUT2D eigenvalue weighted by atomic mass is 10.2. The highest BCUT2D eigenvalue weighted by atomic mass is 19.2.